The summed E-state index contributed by atoms with van der Waals surface area (Å²) in [4.78, 5) is 22.3. The molecule has 0 radical (unpaired) electrons. The first-order valence-electron chi connectivity index (χ1n) is 8.51. The lowest BCUT2D eigenvalue weighted by molar-refractivity contribution is -0.150. The number of esters is 1. The number of carboxylic acids is 1. The molecule has 0 rings (SSSR count). The van der Waals surface area contributed by atoms with Crippen molar-refractivity contribution in [2.24, 2.45) is 0 Å². The summed E-state index contributed by atoms with van der Waals surface area (Å²) in [6.45, 7) is 4.27. The molecule has 21 heavy (non-hydrogen) atoms. The Bertz CT molecular complexity index is 276. The van der Waals surface area contributed by atoms with E-state index < -0.39 is 5.97 Å². The maximum atomic E-state index is 11.8. The molecule has 0 fully saturated rings. The minimum absolute atomic E-state index is 0.102. The van der Waals surface area contributed by atoms with Crippen molar-refractivity contribution in [3.8, 4) is 0 Å². The number of hydrogen-bond acceptors (Lipinski definition) is 3. The van der Waals surface area contributed by atoms with Crippen molar-refractivity contribution >= 4 is 11.9 Å². The molecule has 0 aliphatic carbocycles. The summed E-state index contributed by atoms with van der Waals surface area (Å²) in [5, 5.41) is 8.69. The second kappa shape index (κ2) is 13.9. The maximum absolute atomic E-state index is 11.8. The van der Waals surface area contributed by atoms with E-state index >= 15 is 0 Å². The number of carbonyl (C=O) groups is 2. The molecule has 0 spiro atoms. The molecule has 4 nitrogen and oxygen atoms in total. The minimum Gasteiger partial charge on any atom is -0.481 e. The van der Waals surface area contributed by atoms with Crippen LogP contribution < -0.4 is 0 Å². The van der Waals surface area contributed by atoms with Crippen molar-refractivity contribution in [1.29, 1.82) is 0 Å². The van der Waals surface area contributed by atoms with E-state index in [1.165, 1.54) is 12.8 Å². The van der Waals surface area contributed by atoms with Gasteiger partial charge in [-0.25, -0.2) is 0 Å². The summed E-state index contributed by atoms with van der Waals surface area (Å²) in [6, 6.07) is 0. The largest absolute Gasteiger partial charge is 0.481 e. The van der Waals surface area contributed by atoms with E-state index in [4.69, 9.17) is 9.84 Å². The molecule has 0 bridgehead atoms. The number of rotatable bonds is 14. The lowest BCUT2D eigenvalue weighted by atomic mass is 10.0. The van der Waals surface area contributed by atoms with E-state index in [0.717, 1.165) is 38.5 Å². The van der Waals surface area contributed by atoms with Gasteiger partial charge in [0.25, 0.3) is 0 Å². The maximum Gasteiger partial charge on any atom is 0.306 e. The Morgan fingerprint density at radius 1 is 0.857 bits per heavy atom. The predicted octanol–water partition coefficient (Wildman–Crippen LogP) is 4.70. The van der Waals surface area contributed by atoms with Gasteiger partial charge in [0, 0.05) is 12.8 Å². The van der Waals surface area contributed by atoms with Crippen LogP contribution >= 0.6 is 0 Å². The molecular formula is C17H32O4. The first-order chi connectivity index (χ1) is 10.1. The Hall–Kier alpha value is -1.06. The molecule has 4 heteroatoms. The van der Waals surface area contributed by atoms with Gasteiger partial charge in [-0.1, -0.05) is 46.0 Å². The highest BCUT2D eigenvalue weighted by Crippen LogP contribution is 2.15. The molecule has 0 aromatic heterocycles. The van der Waals surface area contributed by atoms with Gasteiger partial charge >= 0.3 is 11.9 Å². The van der Waals surface area contributed by atoms with E-state index in [1.807, 2.05) is 0 Å². The Morgan fingerprint density at radius 2 is 1.48 bits per heavy atom. The van der Waals surface area contributed by atoms with Crippen molar-refractivity contribution in [3.63, 3.8) is 0 Å². The Balaban J connectivity index is 4.02. The molecule has 1 unspecified atom stereocenters. The third kappa shape index (κ3) is 13.7. The zero-order chi connectivity index (χ0) is 15.9. The van der Waals surface area contributed by atoms with Gasteiger partial charge in [-0.15, -0.1) is 0 Å². The highest BCUT2D eigenvalue weighted by molar-refractivity contribution is 5.69. The topological polar surface area (TPSA) is 63.6 Å². The Morgan fingerprint density at radius 3 is 2.10 bits per heavy atom. The van der Waals surface area contributed by atoms with Crippen LogP contribution in [-0.4, -0.2) is 23.1 Å². The average Bonchev–Trinajstić information content (AvgIpc) is 2.43. The molecule has 0 saturated carbocycles. The zero-order valence-corrected chi connectivity index (χ0v) is 13.7. The number of aliphatic carboxylic acids is 1. The molecule has 0 saturated heterocycles. The van der Waals surface area contributed by atoms with Crippen LogP contribution in [0, 0.1) is 0 Å². The van der Waals surface area contributed by atoms with Gasteiger partial charge in [0.2, 0.25) is 0 Å². The second-order valence-corrected chi connectivity index (χ2v) is 5.70. The zero-order valence-electron chi connectivity index (χ0n) is 13.7. The fraction of sp³-hybridized carbons (Fsp3) is 0.882. The van der Waals surface area contributed by atoms with E-state index in [9.17, 15) is 9.59 Å². The minimum atomic E-state index is -0.783. The number of hydrogen-bond donors (Lipinski definition) is 1. The highest BCUT2D eigenvalue weighted by Gasteiger charge is 2.14. The number of ether oxygens (including phenoxy) is 1. The van der Waals surface area contributed by atoms with E-state index in [1.54, 1.807) is 0 Å². The van der Waals surface area contributed by atoms with Crippen LogP contribution in [-0.2, 0) is 14.3 Å². The Labute approximate surface area is 129 Å². The lowest BCUT2D eigenvalue weighted by Gasteiger charge is -2.17. The van der Waals surface area contributed by atoms with Gasteiger partial charge in [0.15, 0.2) is 0 Å². The van der Waals surface area contributed by atoms with Crippen LogP contribution in [0.3, 0.4) is 0 Å². The van der Waals surface area contributed by atoms with Crippen molar-refractivity contribution in [2.45, 2.75) is 97.0 Å². The molecule has 1 atom stereocenters. The summed E-state index contributed by atoms with van der Waals surface area (Å²) in [5.74, 6) is -0.909. The lowest BCUT2D eigenvalue weighted by Crippen LogP contribution is -2.18. The van der Waals surface area contributed by atoms with Crippen LogP contribution in [0.5, 0.6) is 0 Å². The molecule has 0 heterocycles. The molecule has 0 amide bonds. The monoisotopic (exact) mass is 300 g/mol. The molecule has 1 N–H and O–H groups in total. The molecular weight excluding hydrogens is 268 g/mol. The van der Waals surface area contributed by atoms with Crippen LogP contribution in [0.25, 0.3) is 0 Å². The van der Waals surface area contributed by atoms with Gasteiger partial charge in [-0.2, -0.15) is 0 Å². The van der Waals surface area contributed by atoms with Crippen LogP contribution in [0.1, 0.15) is 90.9 Å². The highest BCUT2D eigenvalue weighted by atomic mass is 16.5. The van der Waals surface area contributed by atoms with E-state index in [0.29, 0.717) is 19.3 Å². The summed E-state index contributed by atoms with van der Waals surface area (Å²) in [5.41, 5.74) is 0. The molecule has 124 valence electrons. The molecule has 0 aromatic rings. The van der Waals surface area contributed by atoms with Crippen molar-refractivity contribution in [1.82, 2.24) is 0 Å². The van der Waals surface area contributed by atoms with Gasteiger partial charge in [-0.3, -0.25) is 9.59 Å². The first kappa shape index (κ1) is 19.9. The summed E-state index contributed by atoms with van der Waals surface area (Å²) in [6.07, 6.45) is 10.2. The second-order valence-electron chi connectivity index (χ2n) is 5.70. The summed E-state index contributed by atoms with van der Waals surface area (Å²) >= 11 is 0. The fourth-order valence-corrected chi connectivity index (χ4v) is 2.31. The quantitative estimate of drug-likeness (QED) is 0.373. The SMILES string of the molecule is CCCCCCC(CCCC(=O)O)OC(=O)CCCCC. The molecule has 0 aromatic carbocycles. The average molecular weight is 300 g/mol. The van der Waals surface area contributed by atoms with Crippen LogP contribution in [0.2, 0.25) is 0 Å². The smallest absolute Gasteiger partial charge is 0.306 e. The first-order valence-corrected chi connectivity index (χ1v) is 8.51. The van der Waals surface area contributed by atoms with Crippen LogP contribution in [0.15, 0.2) is 0 Å². The van der Waals surface area contributed by atoms with E-state index in [-0.39, 0.29) is 18.5 Å². The molecule has 0 aliphatic heterocycles. The van der Waals surface area contributed by atoms with E-state index in [2.05, 4.69) is 13.8 Å². The third-order valence-electron chi connectivity index (χ3n) is 3.58. The number of carbonyl (C=O) groups excluding carboxylic acids is 1. The summed E-state index contributed by atoms with van der Waals surface area (Å²) < 4.78 is 5.53. The number of carboxylic acid groups (broad SMARTS) is 1. The van der Waals surface area contributed by atoms with Crippen molar-refractivity contribution in [2.75, 3.05) is 0 Å². The molecule has 0 aliphatic rings. The summed E-state index contributed by atoms with van der Waals surface area (Å²) in [7, 11) is 0. The van der Waals surface area contributed by atoms with Gasteiger partial charge in [0.05, 0.1) is 0 Å². The van der Waals surface area contributed by atoms with Gasteiger partial charge in [-0.05, 0) is 32.1 Å². The number of unbranched alkanes of at least 4 members (excludes halogenated alkanes) is 5. The van der Waals surface area contributed by atoms with Gasteiger partial charge < -0.3 is 9.84 Å². The third-order valence-corrected chi connectivity index (χ3v) is 3.58. The predicted molar refractivity (Wildman–Crippen MR) is 84.3 cm³/mol. The normalized spacial score (nSPS) is 12.1. The van der Waals surface area contributed by atoms with Crippen molar-refractivity contribution in [3.05, 3.63) is 0 Å². The standard InChI is InChI=1S/C17H32O4/c1-3-5-7-9-11-15(12-10-13-16(18)19)21-17(20)14-8-6-4-2/h15H,3-14H2,1-2H3,(H,18,19). The van der Waals surface area contributed by atoms with Gasteiger partial charge in [0.1, 0.15) is 6.10 Å². The van der Waals surface area contributed by atoms with Crippen LogP contribution in [0.4, 0.5) is 0 Å². The Kier molecular flexibility index (Phi) is 13.2. The van der Waals surface area contributed by atoms with Crippen molar-refractivity contribution < 1.29 is 19.4 Å². The fourth-order valence-electron chi connectivity index (χ4n) is 2.31.